The maximum absolute atomic E-state index is 3.67. The molecule has 0 atom stereocenters. The molecule has 3 heteroatoms. The first-order chi connectivity index (χ1) is 6.79. The van der Waals surface area contributed by atoms with Crippen molar-refractivity contribution >= 4 is 27.3 Å². The molecule has 0 unspecified atom stereocenters. The molecule has 1 aromatic rings. The second-order valence-corrected chi connectivity index (χ2v) is 5.13. The Labute approximate surface area is 92.2 Å². The third kappa shape index (κ3) is 1.15. The van der Waals surface area contributed by atoms with Crippen molar-refractivity contribution in [1.29, 1.82) is 0 Å². The van der Waals surface area contributed by atoms with Crippen LogP contribution in [-0.4, -0.2) is 12.1 Å². The Morgan fingerprint density at radius 1 is 1.29 bits per heavy atom. The Kier molecular flexibility index (Phi) is 1.78. The van der Waals surface area contributed by atoms with Crippen LogP contribution in [0.15, 0.2) is 22.7 Å². The molecule has 1 spiro atoms. The summed E-state index contributed by atoms with van der Waals surface area (Å²) >= 11 is 3.58. The fourth-order valence-corrected chi connectivity index (χ4v) is 2.74. The minimum absolute atomic E-state index is 0.344. The van der Waals surface area contributed by atoms with Crippen LogP contribution in [0.5, 0.6) is 0 Å². The summed E-state index contributed by atoms with van der Waals surface area (Å²) in [5, 5.41) is 7.17. The van der Waals surface area contributed by atoms with Gasteiger partial charge in [-0.2, -0.15) is 0 Å². The Balaban J connectivity index is 2.00. The number of rotatable bonds is 0. The molecule has 2 nitrogen and oxygen atoms in total. The van der Waals surface area contributed by atoms with E-state index in [9.17, 15) is 0 Å². The van der Waals surface area contributed by atoms with E-state index in [0.29, 0.717) is 5.54 Å². The van der Waals surface area contributed by atoms with Gasteiger partial charge in [0.25, 0.3) is 0 Å². The Bertz CT molecular complexity index is 372. The summed E-state index contributed by atoms with van der Waals surface area (Å²) in [5.41, 5.74) is 2.80. The lowest BCUT2D eigenvalue weighted by molar-refractivity contribution is 0.291. The lowest BCUT2D eigenvalue weighted by Crippen LogP contribution is -2.53. The van der Waals surface area contributed by atoms with Gasteiger partial charge in [0.05, 0.1) is 16.9 Å². The summed E-state index contributed by atoms with van der Waals surface area (Å²) in [6.45, 7) is 1.07. The van der Waals surface area contributed by atoms with Crippen molar-refractivity contribution < 1.29 is 0 Å². The Morgan fingerprint density at radius 2 is 2.14 bits per heavy atom. The SMILES string of the molecule is Brc1cccc2c1NC1(CCC1)CN2. The van der Waals surface area contributed by atoms with E-state index < -0.39 is 0 Å². The molecule has 1 aliphatic carbocycles. The maximum Gasteiger partial charge on any atom is 0.0725 e. The van der Waals surface area contributed by atoms with E-state index in [1.54, 1.807) is 0 Å². The average molecular weight is 253 g/mol. The van der Waals surface area contributed by atoms with Gasteiger partial charge in [-0.3, -0.25) is 0 Å². The minimum Gasteiger partial charge on any atom is -0.381 e. The van der Waals surface area contributed by atoms with E-state index in [4.69, 9.17) is 0 Å². The molecular formula is C11H13BrN2. The molecule has 3 rings (SSSR count). The van der Waals surface area contributed by atoms with E-state index in [1.165, 1.54) is 30.6 Å². The Hall–Kier alpha value is -0.700. The number of halogens is 1. The first-order valence-electron chi connectivity index (χ1n) is 5.10. The molecule has 1 aromatic carbocycles. The van der Waals surface area contributed by atoms with Crippen molar-refractivity contribution in [3.63, 3.8) is 0 Å². The van der Waals surface area contributed by atoms with E-state index in [-0.39, 0.29) is 0 Å². The first-order valence-corrected chi connectivity index (χ1v) is 5.89. The standard InChI is InChI=1S/C11H13BrN2/c12-8-3-1-4-9-10(8)14-11(7-13-9)5-2-6-11/h1,3-4,13-14H,2,5-7H2. The van der Waals surface area contributed by atoms with E-state index in [0.717, 1.165) is 11.0 Å². The summed E-state index contributed by atoms with van der Waals surface area (Å²) in [6.07, 6.45) is 3.94. The monoisotopic (exact) mass is 252 g/mol. The number of para-hydroxylation sites is 1. The van der Waals surface area contributed by atoms with Gasteiger partial charge in [0, 0.05) is 11.0 Å². The van der Waals surface area contributed by atoms with E-state index in [1.807, 2.05) is 0 Å². The largest absolute Gasteiger partial charge is 0.381 e. The highest BCUT2D eigenvalue weighted by Crippen LogP contribution is 2.43. The van der Waals surface area contributed by atoms with Crippen LogP contribution in [0.4, 0.5) is 11.4 Å². The van der Waals surface area contributed by atoms with Gasteiger partial charge in [0.1, 0.15) is 0 Å². The van der Waals surface area contributed by atoms with Crippen molar-refractivity contribution in [3.8, 4) is 0 Å². The van der Waals surface area contributed by atoms with Gasteiger partial charge in [-0.25, -0.2) is 0 Å². The molecule has 1 saturated carbocycles. The minimum atomic E-state index is 0.344. The lowest BCUT2D eigenvalue weighted by atomic mass is 9.75. The van der Waals surface area contributed by atoms with Gasteiger partial charge in [-0.15, -0.1) is 0 Å². The molecule has 0 amide bonds. The fourth-order valence-electron chi connectivity index (χ4n) is 2.28. The number of hydrogen-bond donors (Lipinski definition) is 2. The van der Waals surface area contributed by atoms with Crippen LogP contribution in [0.1, 0.15) is 19.3 Å². The van der Waals surface area contributed by atoms with Crippen molar-refractivity contribution in [3.05, 3.63) is 22.7 Å². The molecule has 0 saturated heterocycles. The highest BCUT2D eigenvalue weighted by atomic mass is 79.9. The molecule has 2 aliphatic rings. The van der Waals surface area contributed by atoms with Crippen LogP contribution in [0.25, 0.3) is 0 Å². The normalized spacial score (nSPS) is 21.8. The third-order valence-corrected chi connectivity index (χ3v) is 3.99. The predicted octanol–water partition coefficient (Wildman–Crippen LogP) is 3.21. The zero-order chi connectivity index (χ0) is 9.60. The van der Waals surface area contributed by atoms with Crippen LogP contribution in [0.3, 0.4) is 0 Å². The number of anilines is 2. The quantitative estimate of drug-likeness (QED) is 0.741. The number of fused-ring (bicyclic) bond motifs is 1. The van der Waals surface area contributed by atoms with Crippen LogP contribution in [0.2, 0.25) is 0 Å². The van der Waals surface area contributed by atoms with Crippen LogP contribution in [0, 0.1) is 0 Å². The molecular weight excluding hydrogens is 240 g/mol. The van der Waals surface area contributed by atoms with Gasteiger partial charge in [-0.1, -0.05) is 6.07 Å². The highest BCUT2D eigenvalue weighted by Gasteiger charge is 2.39. The van der Waals surface area contributed by atoms with Crippen molar-refractivity contribution in [1.82, 2.24) is 0 Å². The predicted molar refractivity (Wildman–Crippen MR) is 62.8 cm³/mol. The van der Waals surface area contributed by atoms with Crippen molar-refractivity contribution in [2.45, 2.75) is 24.8 Å². The van der Waals surface area contributed by atoms with Gasteiger partial charge >= 0.3 is 0 Å². The average Bonchev–Trinajstić information content (AvgIpc) is 2.16. The molecule has 0 aromatic heterocycles. The molecule has 2 N–H and O–H groups in total. The van der Waals surface area contributed by atoms with Crippen molar-refractivity contribution in [2.75, 3.05) is 17.2 Å². The molecule has 1 heterocycles. The number of nitrogens with one attached hydrogen (secondary N) is 2. The summed E-state index contributed by atoms with van der Waals surface area (Å²) in [5.74, 6) is 0. The topological polar surface area (TPSA) is 24.1 Å². The molecule has 1 fully saturated rings. The van der Waals surface area contributed by atoms with Crippen molar-refractivity contribution in [2.24, 2.45) is 0 Å². The van der Waals surface area contributed by atoms with Gasteiger partial charge in [0.2, 0.25) is 0 Å². The smallest absolute Gasteiger partial charge is 0.0725 e. The zero-order valence-corrected chi connectivity index (χ0v) is 9.52. The second kappa shape index (κ2) is 2.89. The summed E-state index contributed by atoms with van der Waals surface area (Å²) in [7, 11) is 0. The summed E-state index contributed by atoms with van der Waals surface area (Å²) in [4.78, 5) is 0. The number of hydrogen-bond acceptors (Lipinski definition) is 2. The summed E-state index contributed by atoms with van der Waals surface area (Å²) in [6, 6.07) is 6.28. The van der Waals surface area contributed by atoms with E-state index >= 15 is 0 Å². The summed E-state index contributed by atoms with van der Waals surface area (Å²) < 4.78 is 1.16. The molecule has 0 radical (unpaired) electrons. The molecule has 74 valence electrons. The maximum atomic E-state index is 3.67. The fraction of sp³-hybridized carbons (Fsp3) is 0.455. The third-order valence-electron chi connectivity index (χ3n) is 3.33. The highest BCUT2D eigenvalue weighted by molar-refractivity contribution is 9.10. The van der Waals surface area contributed by atoms with Crippen LogP contribution in [-0.2, 0) is 0 Å². The number of benzene rings is 1. The second-order valence-electron chi connectivity index (χ2n) is 4.27. The first kappa shape index (κ1) is 8.60. The van der Waals surface area contributed by atoms with E-state index in [2.05, 4.69) is 44.8 Å². The van der Waals surface area contributed by atoms with Gasteiger partial charge in [0.15, 0.2) is 0 Å². The molecule has 1 aliphatic heterocycles. The lowest BCUT2D eigenvalue weighted by Gasteiger charge is -2.47. The molecule has 0 bridgehead atoms. The molecule has 14 heavy (non-hydrogen) atoms. The Morgan fingerprint density at radius 3 is 2.86 bits per heavy atom. The van der Waals surface area contributed by atoms with Gasteiger partial charge < -0.3 is 10.6 Å². The van der Waals surface area contributed by atoms with Crippen LogP contribution < -0.4 is 10.6 Å². The van der Waals surface area contributed by atoms with Crippen LogP contribution >= 0.6 is 15.9 Å². The zero-order valence-electron chi connectivity index (χ0n) is 7.94. The van der Waals surface area contributed by atoms with Gasteiger partial charge in [-0.05, 0) is 47.3 Å².